The standard InChI is InChI=1S/C22H21N3O6S/c1-28-16-4-2-3-5-17(16)29-11-20-25-15(12-32-20)22(27)24-9-8-23-21(26)14-6-7-18-19(10-14)31-13-30-18/h2-7,10,12H,8-9,11,13H2,1H3,(H,23,26)(H,24,27). The smallest absolute Gasteiger partial charge is 0.270 e. The fourth-order valence-corrected chi connectivity index (χ4v) is 3.63. The molecule has 4 rings (SSSR count). The number of rotatable bonds is 9. The topological polar surface area (TPSA) is 108 Å². The minimum Gasteiger partial charge on any atom is -0.493 e. The van der Waals surface area contributed by atoms with Crippen LogP contribution in [-0.2, 0) is 6.61 Å². The van der Waals surface area contributed by atoms with Gasteiger partial charge in [0.25, 0.3) is 11.8 Å². The van der Waals surface area contributed by atoms with E-state index in [-0.39, 0.29) is 38.3 Å². The van der Waals surface area contributed by atoms with Gasteiger partial charge in [-0.2, -0.15) is 0 Å². The van der Waals surface area contributed by atoms with Gasteiger partial charge in [-0.25, -0.2) is 4.98 Å². The summed E-state index contributed by atoms with van der Waals surface area (Å²) in [6.07, 6.45) is 0. The van der Waals surface area contributed by atoms with Crippen molar-refractivity contribution in [1.29, 1.82) is 0 Å². The van der Waals surface area contributed by atoms with Gasteiger partial charge >= 0.3 is 0 Å². The molecule has 2 heterocycles. The largest absolute Gasteiger partial charge is 0.493 e. The van der Waals surface area contributed by atoms with Gasteiger partial charge in [-0.15, -0.1) is 11.3 Å². The highest BCUT2D eigenvalue weighted by Crippen LogP contribution is 2.32. The van der Waals surface area contributed by atoms with Gasteiger partial charge in [-0.1, -0.05) is 12.1 Å². The Morgan fingerprint density at radius 2 is 1.78 bits per heavy atom. The van der Waals surface area contributed by atoms with Gasteiger partial charge in [0.1, 0.15) is 17.3 Å². The van der Waals surface area contributed by atoms with Crippen LogP contribution in [0.15, 0.2) is 47.8 Å². The molecule has 0 saturated heterocycles. The van der Waals surface area contributed by atoms with Crippen LogP contribution in [0.2, 0.25) is 0 Å². The van der Waals surface area contributed by atoms with Gasteiger partial charge in [-0.05, 0) is 30.3 Å². The molecule has 0 aliphatic carbocycles. The Hall–Kier alpha value is -3.79. The molecule has 0 atom stereocenters. The van der Waals surface area contributed by atoms with Crippen molar-refractivity contribution in [2.45, 2.75) is 6.61 Å². The van der Waals surface area contributed by atoms with E-state index in [1.54, 1.807) is 42.8 Å². The minimum absolute atomic E-state index is 0.150. The number of benzene rings is 2. The maximum Gasteiger partial charge on any atom is 0.270 e. The first-order valence-corrected chi connectivity index (χ1v) is 10.7. The SMILES string of the molecule is COc1ccccc1OCc1nc(C(=O)NCCNC(=O)c2ccc3c(c2)OCO3)cs1. The Kier molecular flexibility index (Phi) is 6.71. The number of hydrogen-bond donors (Lipinski definition) is 2. The molecule has 1 aromatic heterocycles. The van der Waals surface area contributed by atoms with E-state index in [1.165, 1.54) is 11.3 Å². The maximum absolute atomic E-state index is 12.3. The predicted molar refractivity (Wildman–Crippen MR) is 117 cm³/mol. The van der Waals surface area contributed by atoms with Crippen LogP contribution >= 0.6 is 11.3 Å². The average molecular weight is 455 g/mol. The summed E-state index contributed by atoms with van der Waals surface area (Å²) >= 11 is 1.33. The molecule has 2 amide bonds. The lowest BCUT2D eigenvalue weighted by Gasteiger charge is -2.08. The molecule has 0 saturated carbocycles. The van der Waals surface area contributed by atoms with E-state index >= 15 is 0 Å². The molecule has 0 unspecified atom stereocenters. The Morgan fingerprint density at radius 3 is 2.59 bits per heavy atom. The quantitative estimate of drug-likeness (QED) is 0.478. The molecule has 0 radical (unpaired) electrons. The first-order chi connectivity index (χ1) is 15.6. The van der Waals surface area contributed by atoms with Crippen molar-refractivity contribution in [1.82, 2.24) is 15.6 Å². The Bertz CT molecular complexity index is 1120. The van der Waals surface area contributed by atoms with Gasteiger partial charge < -0.3 is 29.6 Å². The lowest BCUT2D eigenvalue weighted by Crippen LogP contribution is -2.34. The van der Waals surface area contributed by atoms with Crippen LogP contribution in [0.5, 0.6) is 23.0 Å². The number of carbonyl (C=O) groups is 2. The summed E-state index contributed by atoms with van der Waals surface area (Å²) in [4.78, 5) is 28.9. The van der Waals surface area contributed by atoms with Crippen molar-refractivity contribution >= 4 is 23.2 Å². The lowest BCUT2D eigenvalue weighted by atomic mass is 10.2. The number of nitrogens with one attached hydrogen (secondary N) is 2. The van der Waals surface area contributed by atoms with Crippen LogP contribution in [0.4, 0.5) is 0 Å². The highest BCUT2D eigenvalue weighted by atomic mass is 32.1. The molecule has 1 aliphatic heterocycles. The number of nitrogens with zero attached hydrogens (tertiary/aromatic N) is 1. The van der Waals surface area contributed by atoms with E-state index < -0.39 is 0 Å². The summed E-state index contributed by atoms with van der Waals surface area (Å²) in [6.45, 7) is 0.911. The van der Waals surface area contributed by atoms with Crippen molar-refractivity contribution in [2.75, 3.05) is 27.0 Å². The van der Waals surface area contributed by atoms with E-state index in [0.717, 1.165) is 0 Å². The zero-order valence-electron chi connectivity index (χ0n) is 17.3. The first-order valence-electron chi connectivity index (χ1n) is 9.80. The fourth-order valence-electron chi connectivity index (χ4n) is 2.94. The number of carbonyl (C=O) groups excluding carboxylic acids is 2. The third-order valence-corrected chi connectivity index (χ3v) is 5.36. The molecule has 0 spiro atoms. The molecule has 2 aromatic carbocycles. The zero-order chi connectivity index (χ0) is 22.3. The van der Waals surface area contributed by atoms with Crippen molar-refractivity contribution in [3.05, 3.63) is 64.1 Å². The lowest BCUT2D eigenvalue weighted by molar-refractivity contribution is 0.0925. The first kappa shape index (κ1) is 21.4. The van der Waals surface area contributed by atoms with Crippen LogP contribution < -0.4 is 29.6 Å². The van der Waals surface area contributed by atoms with Crippen molar-refractivity contribution in [2.24, 2.45) is 0 Å². The third-order valence-electron chi connectivity index (χ3n) is 4.54. The molecular formula is C22H21N3O6S. The van der Waals surface area contributed by atoms with Crippen LogP contribution in [0.1, 0.15) is 25.9 Å². The van der Waals surface area contributed by atoms with Gasteiger partial charge in [0.05, 0.1) is 7.11 Å². The average Bonchev–Trinajstić information content (AvgIpc) is 3.49. The molecule has 1 aliphatic rings. The van der Waals surface area contributed by atoms with Crippen molar-refractivity contribution in [3.63, 3.8) is 0 Å². The number of ether oxygens (including phenoxy) is 4. The van der Waals surface area contributed by atoms with E-state index in [2.05, 4.69) is 15.6 Å². The number of thiazole rings is 1. The highest BCUT2D eigenvalue weighted by molar-refractivity contribution is 7.09. The van der Waals surface area contributed by atoms with E-state index in [1.807, 2.05) is 12.1 Å². The molecule has 2 N–H and O–H groups in total. The summed E-state index contributed by atoms with van der Waals surface area (Å²) in [5, 5.41) is 7.82. The molecule has 32 heavy (non-hydrogen) atoms. The van der Waals surface area contributed by atoms with Crippen molar-refractivity contribution in [3.8, 4) is 23.0 Å². The monoisotopic (exact) mass is 455 g/mol. The number of para-hydroxylation sites is 2. The second kappa shape index (κ2) is 10.0. The van der Waals surface area contributed by atoms with Crippen LogP contribution in [0, 0.1) is 0 Å². The number of amides is 2. The molecular weight excluding hydrogens is 434 g/mol. The summed E-state index contributed by atoms with van der Waals surface area (Å²) in [5.74, 6) is 1.81. The Labute approximate surface area is 188 Å². The normalized spacial score (nSPS) is 11.7. The summed E-state index contributed by atoms with van der Waals surface area (Å²) < 4.78 is 21.5. The maximum atomic E-state index is 12.3. The van der Waals surface area contributed by atoms with Gasteiger partial charge in [0.15, 0.2) is 23.0 Å². The summed E-state index contributed by atoms with van der Waals surface area (Å²) in [7, 11) is 1.57. The van der Waals surface area contributed by atoms with Gasteiger partial charge in [-0.3, -0.25) is 9.59 Å². The number of fused-ring (bicyclic) bond motifs is 1. The minimum atomic E-state index is -0.317. The molecule has 3 aromatic rings. The third kappa shape index (κ3) is 5.09. The van der Waals surface area contributed by atoms with Crippen LogP contribution in [-0.4, -0.2) is 43.8 Å². The Morgan fingerprint density at radius 1 is 1.03 bits per heavy atom. The summed E-state index contributed by atoms with van der Waals surface area (Å²) in [6, 6.07) is 12.3. The van der Waals surface area contributed by atoms with Gasteiger partial charge in [0.2, 0.25) is 6.79 Å². The number of aromatic nitrogens is 1. The fraction of sp³-hybridized carbons (Fsp3) is 0.227. The second-order valence-corrected chi connectivity index (χ2v) is 7.59. The molecule has 9 nitrogen and oxygen atoms in total. The molecule has 10 heteroatoms. The van der Waals surface area contributed by atoms with E-state index in [4.69, 9.17) is 18.9 Å². The van der Waals surface area contributed by atoms with E-state index in [9.17, 15) is 9.59 Å². The molecule has 0 bridgehead atoms. The zero-order valence-corrected chi connectivity index (χ0v) is 18.1. The number of hydrogen-bond acceptors (Lipinski definition) is 8. The molecule has 0 fully saturated rings. The summed E-state index contributed by atoms with van der Waals surface area (Å²) in [5.41, 5.74) is 0.760. The van der Waals surface area contributed by atoms with Crippen LogP contribution in [0.25, 0.3) is 0 Å². The van der Waals surface area contributed by atoms with Crippen molar-refractivity contribution < 1.29 is 28.5 Å². The Balaban J connectivity index is 1.21. The van der Waals surface area contributed by atoms with Crippen LogP contribution in [0.3, 0.4) is 0 Å². The second-order valence-electron chi connectivity index (χ2n) is 6.65. The molecule has 166 valence electrons. The number of methoxy groups -OCH3 is 1. The highest BCUT2D eigenvalue weighted by Gasteiger charge is 2.16. The predicted octanol–water partition coefficient (Wildman–Crippen LogP) is 2.62. The van der Waals surface area contributed by atoms with Gasteiger partial charge in [0, 0.05) is 24.0 Å². The van der Waals surface area contributed by atoms with E-state index in [0.29, 0.717) is 39.3 Å².